The highest BCUT2D eigenvalue weighted by Gasteiger charge is 2.22. The molecule has 0 saturated carbocycles. The molecule has 0 spiro atoms. The number of aromatic nitrogens is 4. The summed E-state index contributed by atoms with van der Waals surface area (Å²) in [6.45, 7) is -0.399. The highest BCUT2D eigenvalue weighted by atomic mass is 16.5. The van der Waals surface area contributed by atoms with Crippen LogP contribution in [-0.2, 0) is 14.3 Å². The quantitative estimate of drug-likeness (QED) is 0.481. The third-order valence-corrected chi connectivity index (χ3v) is 3.59. The van der Waals surface area contributed by atoms with E-state index in [0.717, 1.165) is 0 Å². The van der Waals surface area contributed by atoms with Gasteiger partial charge in [-0.05, 0) is 22.6 Å². The Balaban J connectivity index is 1.96. The van der Waals surface area contributed by atoms with Crippen molar-refractivity contribution in [2.45, 2.75) is 0 Å². The smallest absolute Gasteiger partial charge is 0.357 e. The van der Waals surface area contributed by atoms with Crippen LogP contribution in [0.15, 0.2) is 53.1 Å². The van der Waals surface area contributed by atoms with E-state index in [4.69, 9.17) is 9.15 Å². The minimum atomic E-state index is -0.758. The third kappa shape index (κ3) is 4.27. The van der Waals surface area contributed by atoms with E-state index in [1.807, 2.05) is 30.3 Å². The first kappa shape index (κ1) is 18.1. The van der Waals surface area contributed by atoms with Gasteiger partial charge in [0, 0.05) is 25.7 Å². The molecule has 2 aromatic heterocycles. The number of amides is 1. The van der Waals surface area contributed by atoms with Gasteiger partial charge in [0.1, 0.15) is 5.76 Å². The minimum absolute atomic E-state index is 0.0142. The number of ether oxygens (including phenoxy) is 1. The van der Waals surface area contributed by atoms with Gasteiger partial charge in [0.05, 0.1) is 6.26 Å². The molecule has 0 N–H and O–H groups in total. The van der Waals surface area contributed by atoms with Gasteiger partial charge in [0.25, 0.3) is 5.91 Å². The van der Waals surface area contributed by atoms with Gasteiger partial charge in [-0.15, -0.1) is 5.10 Å². The van der Waals surface area contributed by atoms with Crippen LogP contribution in [0.2, 0.25) is 0 Å². The average Bonchev–Trinajstić information content (AvgIpc) is 3.36. The van der Waals surface area contributed by atoms with Gasteiger partial charge in [-0.2, -0.15) is 4.68 Å². The van der Waals surface area contributed by atoms with Crippen molar-refractivity contribution >= 4 is 23.6 Å². The maximum absolute atomic E-state index is 12.7. The van der Waals surface area contributed by atoms with Crippen LogP contribution < -0.4 is 0 Å². The van der Waals surface area contributed by atoms with Gasteiger partial charge in [0.15, 0.2) is 18.1 Å². The number of carbonyl (C=O) groups is 2. The average molecular weight is 367 g/mol. The maximum Gasteiger partial charge on any atom is 0.357 e. The summed E-state index contributed by atoms with van der Waals surface area (Å²) in [6.07, 6.45) is 2.92. The summed E-state index contributed by atoms with van der Waals surface area (Å²) >= 11 is 0. The minimum Gasteiger partial charge on any atom is -0.465 e. The lowest BCUT2D eigenvalue weighted by Crippen LogP contribution is -2.28. The predicted octanol–water partition coefficient (Wildman–Crippen LogP) is 1.56. The van der Waals surface area contributed by atoms with Gasteiger partial charge in [-0.3, -0.25) is 4.79 Å². The second kappa shape index (κ2) is 8.09. The van der Waals surface area contributed by atoms with Crippen LogP contribution in [0.3, 0.4) is 0 Å². The Morgan fingerprint density at radius 1 is 1.19 bits per heavy atom. The van der Waals surface area contributed by atoms with Crippen molar-refractivity contribution in [3.8, 4) is 11.4 Å². The Kier molecular flexibility index (Phi) is 5.41. The van der Waals surface area contributed by atoms with Crippen LogP contribution in [0.1, 0.15) is 5.76 Å². The molecule has 3 aromatic rings. The van der Waals surface area contributed by atoms with Crippen molar-refractivity contribution in [3.63, 3.8) is 0 Å². The first-order valence-electron chi connectivity index (χ1n) is 8.03. The Hall–Kier alpha value is -3.75. The Morgan fingerprint density at radius 3 is 2.63 bits per heavy atom. The number of furan rings is 1. The highest BCUT2D eigenvalue weighted by molar-refractivity contribution is 6.15. The molecule has 0 aliphatic rings. The summed E-state index contributed by atoms with van der Waals surface area (Å²) in [5.41, 5.74) is 0.727. The van der Waals surface area contributed by atoms with Gasteiger partial charge < -0.3 is 14.1 Å². The summed E-state index contributed by atoms with van der Waals surface area (Å²) < 4.78 is 11.7. The molecule has 0 fully saturated rings. The molecule has 9 heteroatoms. The van der Waals surface area contributed by atoms with Crippen LogP contribution >= 0.6 is 0 Å². The second-order valence-electron chi connectivity index (χ2n) is 5.69. The Labute approximate surface area is 154 Å². The van der Waals surface area contributed by atoms with E-state index < -0.39 is 12.6 Å². The van der Waals surface area contributed by atoms with Crippen LogP contribution in [0, 0.1) is 0 Å². The topological polar surface area (TPSA) is 103 Å². The molecule has 3 rings (SSSR count). The van der Waals surface area contributed by atoms with E-state index in [9.17, 15) is 9.59 Å². The van der Waals surface area contributed by atoms with Crippen molar-refractivity contribution in [1.82, 2.24) is 25.1 Å². The molecule has 0 unspecified atom stereocenters. The van der Waals surface area contributed by atoms with E-state index in [2.05, 4.69) is 15.5 Å². The molecule has 0 aliphatic heterocycles. The van der Waals surface area contributed by atoms with Crippen molar-refractivity contribution in [3.05, 3.63) is 54.5 Å². The molecular weight excluding hydrogens is 350 g/mol. The molecule has 0 saturated heterocycles. The number of carbonyl (C=O) groups excluding carboxylic acids is 2. The fourth-order valence-corrected chi connectivity index (χ4v) is 2.16. The van der Waals surface area contributed by atoms with Crippen LogP contribution in [0.5, 0.6) is 0 Å². The molecule has 0 bridgehead atoms. The normalized spacial score (nSPS) is 11.3. The molecule has 0 radical (unpaired) electrons. The summed E-state index contributed by atoms with van der Waals surface area (Å²) in [5, 5.41) is 11.6. The molecule has 1 amide bonds. The summed E-state index contributed by atoms with van der Waals surface area (Å²) in [5.74, 6) is -0.341. The molecule has 138 valence electrons. The Morgan fingerprint density at radius 2 is 1.96 bits per heavy atom. The first-order chi connectivity index (χ1) is 13.1. The van der Waals surface area contributed by atoms with Gasteiger partial charge in [-0.1, -0.05) is 30.3 Å². The summed E-state index contributed by atoms with van der Waals surface area (Å²) in [6, 6.07) is 12.5. The number of hydrogen-bond donors (Lipinski definition) is 0. The molecule has 0 aliphatic carbocycles. The van der Waals surface area contributed by atoms with Gasteiger partial charge in [-0.25, -0.2) is 4.79 Å². The molecular formula is C18H17N5O4. The lowest BCUT2D eigenvalue weighted by molar-refractivity contribution is -0.146. The Bertz CT molecular complexity index is 945. The number of rotatable bonds is 6. The SMILES string of the molecule is CN(C)C(=O)COC(=O)/C(=C\c1ccco1)n1nnnc1-c1ccccc1. The monoisotopic (exact) mass is 367 g/mol. The number of benzene rings is 1. The zero-order valence-electron chi connectivity index (χ0n) is 14.8. The molecule has 2 heterocycles. The maximum atomic E-state index is 12.7. The molecule has 0 atom stereocenters. The lowest BCUT2D eigenvalue weighted by atomic mass is 10.2. The van der Waals surface area contributed by atoms with Gasteiger partial charge >= 0.3 is 5.97 Å². The van der Waals surface area contributed by atoms with E-state index in [-0.39, 0.29) is 11.6 Å². The summed E-state index contributed by atoms with van der Waals surface area (Å²) in [4.78, 5) is 25.7. The number of tetrazole rings is 1. The van der Waals surface area contributed by atoms with Gasteiger partial charge in [0.2, 0.25) is 0 Å². The molecule has 1 aromatic carbocycles. The highest BCUT2D eigenvalue weighted by Crippen LogP contribution is 2.21. The van der Waals surface area contributed by atoms with Crippen LogP contribution in [0.4, 0.5) is 0 Å². The van der Waals surface area contributed by atoms with Crippen LogP contribution in [-0.4, -0.2) is 57.7 Å². The predicted molar refractivity (Wildman–Crippen MR) is 95.8 cm³/mol. The zero-order valence-corrected chi connectivity index (χ0v) is 14.8. The zero-order chi connectivity index (χ0) is 19.2. The fourth-order valence-electron chi connectivity index (χ4n) is 2.16. The van der Waals surface area contributed by atoms with Crippen molar-refractivity contribution in [2.24, 2.45) is 0 Å². The van der Waals surface area contributed by atoms with E-state index in [1.54, 1.807) is 26.2 Å². The number of hydrogen-bond acceptors (Lipinski definition) is 7. The number of esters is 1. The standard InChI is InChI=1S/C18H17N5O4/c1-22(2)16(24)12-27-18(25)15(11-14-9-6-10-26-14)23-17(19-20-21-23)13-7-4-3-5-8-13/h3-11H,12H2,1-2H3/b15-11+. The van der Waals surface area contributed by atoms with Crippen molar-refractivity contribution in [1.29, 1.82) is 0 Å². The van der Waals surface area contributed by atoms with Crippen molar-refractivity contribution in [2.75, 3.05) is 20.7 Å². The molecule has 27 heavy (non-hydrogen) atoms. The number of likely N-dealkylation sites (N-methyl/N-ethyl adjacent to an activating group) is 1. The number of nitrogens with zero attached hydrogens (tertiary/aromatic N) is 5. The third-order valence-electron chi connectivity index (χ3n) is 3.59. The van der Waals surface area contributed by atoms with E-state index >= 15 is 0 Å². The van der Waals surface area contributed by atoms with E-state index in [0.29, 0.717) is 17.1 Å². The van der Waals surface area contributed by atoms with E-state index in [1.165, 1.54) is 21.9 Å². The fraction of sp³-hybridized carbons (Fsp3) is 0.167. The summed E-state index contributed by atoms with van der Waals surface area (Å²) in [7, 11) is 3.15. The largest absolute Gasteiger partial charge is 0.465 e. The lowest BCUT2D eigenvalue weighted by Gasteiger charge is -2.12. The second-order valence-corrected chi connectivity index (χ2v) is 5.69. The molecule has 9 nitrogen and oxygen atoms in total. The first-order valence-corrected chi connectivity index (χ1v) is 8.03. The van der Waals surface area contributed by atoms with Crippen molar-refractivity contribution < 1.29 is 18.7 Å². The van der Waals surface area contributed by atoms with Crippen LogP contribution in [0.25, 0.3) is 23.2 Å².